The summed E-state index contributed by atoms with van der Waals surface area (Å²) in [5.41, 5.74) is 2.60. The number of hydrogen-bond donors (Lipinski definition) is 0. The summed E-state index contributed by atoms with van der Waals surface area (Å²) in [6, 6.07) is 14.1. The lowest BCUT2D eigenvalue weighted by atomic mass is 10.1. The molecule has 0 unspecified atom stereocenters. The van der Waals surface area contributed by atoms with Crippen molar-refractivity contribution in [1.82, 2.24) is 0 Å². The number of fused-ring (bicyclic) bond motifs is 1. The second kappa shape index (κ2) is 6.08. The predicted octanol–water partition coefficient (Wildman–Crippen LogP) is 3.88. The normalized spacial score (nSPS) is 10.7. The van der Waals surface area contributed by atoms with E-state index in [4.69, 9.17) is 9.15 Å². The van der Waals surface area contributed by atoms with Gasteiger partial charge in [0.15, 0.2) is 5.78 Å². The van der Waals surface area contributed by atoms with Crippen LogP contribution in [0.3, 0.4) is 0 Å². The molecule has 0 saturated heterocycles. The predicted molar refractivity (Wildman–Crippen MR) is 88.0 cm³/mol. The van der Waals surface area contributed by atoms with Crippen molar-refractivity contribution in [3.05, 3.63) is 75.6 Å². The molecule has 0 aliphatic carbocycles. The van der Waals surface area contributed by atoms with E-state index in [1.807, 2.05) is 25.1 Å². The molecule has 3 aromatic rings. The number of rotatable bonds is 4. The molecule has 0 amide bonds. The number of ketones is 1. The number of aryl methyl sites for hydroxylation is 1. The molecule has 0 bridgehead atoms. The average molecular weight is 308 g/mol. The summed E-state index contributed by atoms with van der Waals surface area (Å²) in [7, 11) is 0. The summed E-state index contributed by atoms with van der Waals surface area (Å²) in [4.78, 5) is 22.9. The van der Waals surface area contributed by atoms with Crippen molar-refractivity contribution in [2.75, 3.05) is 0 Å². The van der Waals surface area contributed by atoms with Crippen molar-refractivity contribution in [3.8, 4) is 5.75 Å². The van der Waals surface area contributed by atoms with E-state index in [2.05, 4.69) is 0 Å². The molecule has 0 fully saturated rings. The SMILES string of the molecule is CC(=O)c1ccc(OCc2cc(=O)oc3cc(C)ccc23)cc1. The molecule has 4 nitrogen and oxygen atoms in total. The quantitative estimate of drug-likeness (QED) is 0.542. The fourth-order valence-corrected chi connectivity index (χ4v) is 2.40. The molecule has 4 heteroatoms. The van der Waals surface area contributed by atoms with Crippen LogP contribution in [0.2, 0.25) is 0 Å². The topological polar surface area (TPSA) is 56.5 Å². The number of carbonyl (C=O) groups is 1. The van der Waals surface area contributed by atoms with Crippen LogP contribution in [0.4, 0.5) is 0 Å². The van der Waals surface area contributed by atoms with Crippen LogP contribution < -0.4 is 10.4 Å². The molecule has 0 aliphatic rings. The monoisotopic (exact) mass is 308 g/mol. The Hall–Kier alpha value is -2.88. The maximum absolute atomic E-state index is 11.7. The molecule has 0 radical (unpaired) electrons. The second-order valence-electron chi connectivity index (χ2n) is 5.46. The number of benzene rings is 2. The summed E-state index contributed by atoms with van der Waals surface area (Å²) in [5.74, 6) is 0.655. The van der Waals surface area contributed by atoms with Crippen molar-refractivity contribution in [2.24, 2.45) is 0 Å². The first kappa shape index (κ1) is 15.0. The fourth-order valence-electron chi connectivity index (χ4n) is 2.40. The third kappa shape index (κ3) is 3.31. The van der Waals surface area contributed by atoms with Gasteiger partial charge in [-0.05, 0) is 49.7 Å². The first-order chi connectivity index (χ1) is 11.0. The molecule has 1 heterocycles. The summed E-state index contributed by atoms with van der Waals surface area (Å²) in [5, 5.41) is 0.857. The third-order valence-corrected chi connectivity index (χ3v) is 3.64. The van der Waals surface area contributed by atoms with E-state index in [0.717, 1.165) is 16.5 Å². The second-order valence-corrected chi connectivity index (χ2v) is 5.46. The van der Waals surface area contributed by atoms with Gasteiger partial charge in [0.2, 0.25) is 0 Å². The van der Waals surface area contributed by atoms with Crippen molar-refractivity contribution < 1.29 is 13.9 Å². The minimum atomic E-state index is -0.395. The molecule has 0 atom stereocenters. The van der Waals surface area contributed by atoms with E-state index < -0.39 is 5.63 Å². The van der Waals surface area contributed by atoms with Crippen LogP contribution >= 0.6 is 0 Å². The van der Waals surface area contributed by atoms with Crippen molar-refractivity contribution in [2.45, 2.75) is 20.5 Å². The van der Waals surface area contributed by atoms with Crippen LogP contribution in [0.1, 0.15) is 28.4 Å². The highest BCUT2D eigenvalue weighted by Crippen LogP contribution is 2.21. The molecular formula is C19H16O4. The largest absolute Gasteiger partial charge is 0.489 e. The van der Waals surface area contributed by atoms with E-state index >= 15 is 0 Å². The van der Waals surface area contributed by atoms with Crippen LogP contribution in [-0.2, 0) is 6.61 Å². The summed E-state index contributed by atoms with van der Waals surface area (Å²) < 4.78 is 11.0. The van der Waals surface area contributed by atoms with Crippen LogP contribution in [-0.4, -0.2) is 5.78 Å². The number of hydrogen-bond acceptors (Lipinski definition) is 4. The minimum absolute atomic E-state index is 0.0126. The van der Waals surface area contributed by atoms with Gasteiger partial charge < -0.3 is 9.15 Å². The molecule has 3 rings (SSSR count). The molecule has 0 aliphatic heterocycles. The molecule has 116 valence electrons. The Balaban J connectivity index is 1.86. The zero-order chi connectivity index (χ0) is 16.4. The average Bonchev–Trinajstić information content (AvgIpc) is 2.52. The molecular weight excluding hydrogens is 292 g/mol. The van der Waals surface area contributed by atoms with Gasteiger partial charge in [-0.25, -0.2) is 4.79 Å². The molecule has 0 saturated carbocycles. The number of ether oxygens (including phenoxy) is 1. The Bertz CT molecular complexity index is 920. The van der Waals surface area contributed by atoms with Crippen molar-refractivity contribution in [3.63, 3.8) is 0 Å². The highest BCUT2D eigenvalue weighted by atomic mass is 16.5. The van der Waals surface area contributed by atoms with Gasteiger partial charge in [-0.2, -0.15) is 0 Å². The highest BCUT2D eigenvalue weighted by Gasteiger charge is 2.07. The maximum atomic E-state index is 11.7. The van der Waals surface area contributed by atoms with Crippen LogP contribution in [0.5, 0.6) is 5.75 Å². The summed E-state index contributed by atoms with van der Waals surface area (Å²) >= 11 is 0. The lowest BCUT2D eigenvalue weighted by Crippen LogP contribution is -2.04. The van der Waals surface area contributed by atoms with Gasteiger partial charge in [-0.1, -0.05) is 12.1 Å². The summed E-state index contributed by atoms with van der Waals surface area (Å²) in [6.07, 6.45) is 0. The van der Waals surface area contributed by atoms with Crippen LogP contribution in [0, 0.1) is 6.92 Å². The van der Waals surface area contributed by atoms with E-state index in [1.165, 1.54) is 13.0 Å². The van der Waals surface area contributed by atoms with Crippen LogP contribution in [0.25, 0.3) is 11.0 Å². The number of carbonyl (C=O) groups excluding carboxylic acids is 1. The first-order valence-corrected chi connectivity index (χ1v) is 7.30. The highest BCUT2D eigenvalue weighted by molar-refractivity contribution is 5.94. The van der Waals surface area contributed by atoms with Gasteiger partial charge in [0, 0.05) is 22.6 Å². The zero-order valence-electron chi connectivity index (χ0n) is 13.0. The van der Waals surface area contributed by atoms with E-state index in [0.29, 0.717) is 16.9 Å². The Morgan fingerprint density at radius 3 is 2.52 bits per heavy atom. The van der Waals surface area contributed by atoms with E-state index in [9.17, 15) is 9.59 Å². The zero-order valence-corrected chi connectivity index (χ0v) is 13.0. The summed E-state index contributed by atoms with van der Waals surface area (Å²) in [6.45, 7) is 3.72. The van der Waals surface area contributed by atoms with Gasteiger partial charge in [0.05, 0.1) is 0 Å². The molecule has 23 heavy (non-hydrogen) atoms. The minimum Gasteiger partial charge on any atom is -0.489 e. The lowest BCUT2D eigenvalue weighted by molar-refractivity contribution is 0.101. The lowest BCUT2D eigenvalue weighted by Gasteiger charge is -2.09. The smallest absolute Gasteiger partial charge is 0.336 e. The maximum Gasteiger partial charge on any atom is 0.336 e. The standard InChI is InChI=1S/C19H16O4/c1-12-3-8-17-15(10-19(21)23-18(17)9-12)11-22-16-6-4-14(5-7-16)13(2)20/h3-10H,11H2,1-2H3. The Labute approximate surface area is 133 Å². The number of Topliss-reactive ketones (excluding diaryl/α,β-unsaturated/α-hetero) is 1. The van der Waals surface area contributed by atoms with Gasteiger partial charge in [-0.15, -0.1) is 0 Å². The van der Waals surface area contributed by atoms with Crippen molar-refractivity contribution >= 4 is 16.8 Å². The molecule has 0 N–H and O–H groups in total. The van der Waals surface area contributed by atoms with E-state index in [-0.39, 0.29) is 12.4 Å². The van der Waals surface area contributed by atoms with Gasteiger partial charge in [-0.3, -0.25) is 4.79 Å². The van der Waals surface area contributed by atoms with Crippen LogP contribution in [0.15, 0.2) is 57.7 Å². The van der Waals surface area contributed by atoms with Crippen molar-refractivity contribution in [1.29, 1.82) is 0 Å². The third-order valence-electron chi connectivity index (χ3n) is 3.64. The molecule has 2 aromatic carbocycles. The molecule has 1 aromatic heterocycles. The van der Waals surface area contributed by atoms with Gasteiger partial charge in [0.25, 0.3) is 0 Å². The Morgan fingerprint density at radius 1 is 1.09 bits per heavy atom. The fraction of sp³-hybridized carbons (Fsp3) is 0.158. The van der Waals surface area contributed by atoms with Gasteiger partial charge in [0.1, 0.15) is 17.9 Å². The van der Waals surface area contributed by atoms with E-state index in [1.54, 1.807) is 24.3 Å². The Morgan fingerprint density at radius 2 is 1.83 bits per heavy atom. The molecule has 0 spiro atoms. The Kier molecular flexibility index (Phi) is 3.98. The first-order valence-electron chi connectivity index (χ1n) is 7.30. The van der Waals surface area contributed by atoms with Gasteiger partial charge >= 0.3 is 5.63 Å².